The molecule has 2 N–H and O–H groups in total. The van der Waals surface area contributed by atoms with Crippen LogP contribution in [0.25, 0.3) is 0 Å². The van der Waals surface area contributed by atoms with Gasteiger partial charge < -0.3 is 10.6 Å². The summed E-state index contributed by atoms with van der Waals surface area (Å²) in [6.07, 6.45) is 3.78. The van der Waals surface area contributed by atoms with E-state index in [1.165, 1.54) is 0 Å². The highest BCUT2D eigenvalue weighted by atomic mass is 79.9. The minimum Gasteiger partial charge on any atom is -0.322 e. The fourth-order valence-electron chi connectivity index (χ4n) is 2.12. The average Bonchev–Trinajstić information content (AvgIpc) is 2.34. The molecule has 2 rings (SSSR count). The molecule has 2 atom stereocenters. The lowest BCUT2D eigenvalue weighted by molar-refractivity contribution is -0.119. The van der Waals surface area contributed by atoms with Crippen molar-refractivity contribution >= 4 is 39.1 Å². The Morgan fingerprint density at radius 3 is 3.17 bits per heavy atom. The third kappa shape index (κ3) is 3.22. The van der Waals surface area contributed by atoms with E-state index in [2.05, 4.69) is 38.5 Å². The lowest BCUT2D eigenvalue weighted by Gasteiger charge is -2.29. The largest absolute Gasteiger partial charge is 0.322 e. The summed E-state index contributed by atoms with van der Waals surface area (Å²) >= 11 is 9.25. The van der Waals surface area contributed by atoms with Crippen molar-refractivity contribution in [3.05, 3.63) is 21.9 Å². The predicted molar refractivity (Wildman–Crippen MR) is 75.8 cm³/mol. The molecule has 1 fully saturated rings. The highest BCUT2D eigenvalue weighted by Gasteiger charge is 2.27. The van der Waals surface area contributed by atoms with Gasteiger partial charge in [0.2, 0.25) is 5.91 Å². The number of pyridine rings is 1. The summed E-state index contributed by atoms with van der Waals surface area (Å²) in [6, 6.07) is 1.59. The summed E-state index contributed by atoms with van der Waals surface area (Å²) in [6.45, 7) is 2.96. The first-order valence-corrected chi connectivity index (χ1v) is 7.10. The van der Waals surface area contributed by atoms with Crippen molar-refractivity contribution in [1.29, 1.82) is 0 Å². The lowest BCUT2D eigenvalue weighted by atomic mass is 9.92. The van der Waals surface area contributed by atoms with E-state index in [-0.39, 0.29) is 11.9 Å². The Bertz CT molecular complexity index is 455. The van der Waals surface area contributed by atoms with Gasteiger partial charge in [-0.3, -0.25) is 4.79 Å². The number of amides is 1. The number of hydrogen-bond acceptors (Lipinski definition) is 3. The molecule has 2 unspecified atom stereocenters. The van der Waals surface area contributed by atoms with Crippen LogP contribution >= 0.6 is 27.5 Å². The summed E-state index contributed by atoms with van der Waals surface area (Å²) in [5.41, 5.74) is 0.538. The van der Waals surface area contributed by atoms with E-state index < -0.39 is 0 Å². The molecule has 1 aromatic heterocycles. The molecule has 0 aromatic carbocycles. The van der Waals surface area contributed by atoms with Gasteiger partial charge >= 0.3 is 0 Å². The van der Waals surface area contributed by atoms with Crippen molar-refractivity contribution in [2.75, 3.05) is 11.9 Å². The molecule has 0 saturated carbocycles. The Kier molecular flexibility index (Phi) is 4.59. The zero-order valence-corrected chi connectivity index (χ0v) is 12.4. The van der Waals surface area contributed by atoms with Crippen LogP contribution in [0, 0.1) is 5.92 Å². The standard InChI is InChI=1S/C12H15BrClN3O/c1-7-3-2-4-15-10(7)12(18)17-9-5-8(13)6-16-11(9)14/h5-7,10,15H,2-4H2,1H3,(H,17,18). The molecule has 1 aliphatic heterocycles. The van der Waals surface area contributed by atoms with E-state index in [4.69, 9.17) is 11.6 Å². The van der Waals surface area contributed by atoms with Crippen molar-refractivity contribution in [3.63, 3.8) is 0 Å². The Balaban J connectivity index is 2.08. The van der Waals surface area contributed by atoms with E-state index in [0.717, 1.165) is 23.9 Å². The van der Waals surface area contributed by atoms with Gasteiger partial charge in [0.1, 0.15) is 0 Å². The maximum Gasteiger partial charge on any atom is 0.241 e. The Labute approximate surface area is 120 Å². The number of anilines is 1. The highest BCUT2D eigenvalue weighted by molar-refractivity contribution is 9.10. The minimum atomic E-state index is -0.159. The summed E-state index contributed by atoms with van der Waals surface area (Å²) in [5.74, 6) is 0.279. The van der Waals surface area contributed by atoms with Gasteiger partial charge in [-0.25, -0.2) is 4.98 Å². The number of hydrogen-bond donors (Lipinski definition) is 2. The fourth-order valence-corrected chi connectivity index (χ4v) is 2.60. The summed E-state index contributed by atoms with van der Waals surface area (Å²) in [4.78, 5) is 16.1. The highest BCUT2D eigenvalue weighted by Crippen LogP contribution is 2.24. The monoisotopic (exact) mass is 331 g/mol. The van der Waals surface area contributed by atoms with Crippen LogP contribution in [-0.4, -0.2) is 23.5 Å². The van der Waals surface area contributed by atoms with E-state index in [1.54, 1.807) is 12.3 Å². The third-order valence-electron chi connectivity index (χ3n) is 3.12. The maximum absolute atomic E-state index is 12.2. The van der Waals surface area contributed by atoms with Crippen molar-refractivity contribution < 1.29 is 4.79 Å². The first-order valence-electron chi connectivity index (χ1n) is 5.93. The van der Waals surface area contributed by atoms with Gasteiger partial charge in [-0.1, -0.05) is 18.5 Å². The maximum atomic E-state index is 12.2. The van der Waals surface area contributed by atoms with Crippen LogP contribution in [0.2, 0.25) is 5.15 Å². The molecule has 98 valence electrons. The van der Waals surface area contributed by atoms with Crippen LogP contribution in [0.5, 0.6) is 0 Å². The van der Waals surface area contributed by atoms with E-state index in [0.29, 0.717) is 16.8 Å². The number of carbonyl (C=O) groups excluding carboxylic acids is 1. The number of rotatable bonds is 2. The molecular weight excluding hydrogens is 318 g/mol. The fraction of sp³-hybridized carbons (Fsp3) is 0.500. The van der Waals surface area contributed by atoms with Gasteiger partial charge in [0, 0.05) is 10.7 Å². The average molecular weight is 333 g/mol. The smallest absolute Gasteiger partial charge is 0.241 e. The number of piperidine rings is 1. The van der Waals surface area contributed by atoms with Gasteiger partial charge in [-0.15, -0.1) is 0 Å². The molecule has 1 amide bonds. The molecule has 4 nitrogen and oxygen atoms in total. The van der Waals surface area contributed by atoms with Gasteiger partial charge in [0.05, 0.1) is 11.7 Å². The second-order valence-electron chi connectivity index (χ2n) is 4.53. The molecule has 0 bridgehead atoms. The molecule has 1 saturated heterocycles. The van der Waals surface area contributed by atoms with Crippen LogP contribution in [0.4, 0.5) is 5.69 Å². The molecule has 2 heterocycles. The number of nitrogens with zero attached hydrogens (tertiary/aromatic N) is 1. The second kappa shape index (κ2) is 5.99. The first-order chi connectivity index (χ1) is 8.58. The number of nitrogens with one attached hydrogen (secondary N) is 2. The summed E-state index contributed by atoms with van der Waals surface area (Å²) in [5, 5.41) is 6.36. The van der Waals surface area contributed by atoms with Crippen LogP contribution < -0.4 is 10.6 Å². The normalized spacial score (nSPS) is 23.7. The van der Waals surface area contributed by atoms with Gasteiger partial charge in [-0.2, -0.15) is 0 Å². The Morgan fingerprint density at radius 1 is 1.67 bits per heavy atom. The predicted octanol–water partition coefficient (Wildman–Crippen LogP) is 2.82. The zero-order chi connectivity index (χ0) is 13.1. The molecule has 0 spiro atoms. The van der Waals surface area contributed by atoms with Gasteiger partial charge in [0.25, 0.3) is 0 Å². The molecular formula is C12H15BrClN3O. The van der Waals surface area contributed by atoms with Crippen LogP contribution in [-0.2, 0) is 4.79 Å². The van der Waals surface area contributed by atoms with Crippen molar-refractivity contribution in [3.8, 4) is 0 Å². The van der Waals surface area contributed by atoms with Crippen LogP contribution in [0.3, 0.4) is 0 Å². The third-order valence-corrected chi connectivity index (χ3v) is 3.85. The molecule has 18 heavy (non-hydrogen) atoms. The first kappa shape index (κ1) is 13.8. The molecule has 1 aromatic rings. The summed E-state index contributed by atoms with van der Waals surface area (Å²) in [7, 11) is 0. The lowest BCUT2D eigenvalue weighted by Crippen LogP contribution is -2.48. The van der Waals surface area contributed by atoms with Crippen LogP contribution in [0.1, 0.15) is 19.8 Å². The number of aromatic nitrogens is 1. The summed E-state index contributed by atoms with van der Waals surface area (Å²) < 4.78 is 0.784. The number of carbonyl (C=O) groups is 1. The second-order valence-corrected chi connectivity index (χ2v) is 5.81. The zero-order valence-electron chi connectivity index (χ0n) is 10.0. The van der Waals surface area contributed by atoms with Gasteiger partial charge in [-0.05, 0) is 47.3 Å². The molecule has 6 heteroatoms. The minimum absolute atomic E-state index is 0.0519. The quantitative estimate of drug-likeness (QED) is 0.819. The van der Waals surface area contributed by atoms with E-state index in [9.17, 15) is 4.79 Å². The van der Waals surface area contributed by atoms with Crippen LogP contribution in [0.15, 0.2) is 16.7 Å². The molecule has 0 aliphatic carbocycles. The van der Waals surface area contributed by atoms with Gasteiger partial charge in [0.15, 0.2) is 5.15 Å². The van der Waals surface area contributed by atoms with Crippen molar-refractivity contribution in [2.45, 2.75) is 25.8 Å². The Morgan fingerprint density at radius 2 is 2.44 bits per heavy atom. The van der Waals surface area contributed by atoms with Crippen molar-refractivity contribution in [1.82, 2.24) is 10.3 Å². The number of halogens is 2. The molecule has 1 aliphatic rings. The topological polar surface area (TPSA) is 54.0 Å². The SMILES string of the molecule is CC1CCCNC1C(=O)Nc1cc(Br)cnc1Cl. The van der Waals surface area contributed by atoms with Crippen molar-refractivity contribution in [2.24, 2.45) is 5.92 Å². The Hall–Kier alpha value is -0.650. The van der Waals surface area contributed by atoms with E-state index >= 15 is 0 Å². The van der Waals surface area contributed by atoms with E-state index in [1.807, 2.05) is 0 Å². The molecule has 0 radical (unpaired) electrons.